The third-order valence-electron chi connectivity index (χ3n) is 3.04. The zero-order valence-electron chi connectivity index (χ0n) is 11.6. The van der Waals surface area contributed by atoms with E-state index in [9.17, 15) is 4.79 Å². The van der Waals surface area contributed by atoms with Gasteiger partial charge in [-0.2, -0.15) is 0 Å². The zero-order chi connectivity index (χ0) is 14.7. The van der Waals surface area contributed by atoms with Gasteiger partial charge in [0.15, 0.2) is 4.67 Å². The molecule has 0 amide bonds. The minimum atomic E-state index is -0.331. The van der Waals surface area contributed by atoms with E-state index >= 15 is 0 Å². The predicted molar refractivity (Wildman–Crippen MR) is 81.0 cm³/mol. The molecule has 0 radical (unpaired) electrons. The van der Waals surface area contributed by atoms with Crippen molar-refractivity contribution in [1.82, 2.24) is 0 Å². The van der Waals surface area contributed by atoms with E-state index in [1.54, 1.807) is 12.1 Å². The normalized spacial score (nSPS) is 12.0. The van der Waals surface area contributed by atoms with Crippen LogP contribution >= 0.6 is 15.9 Å². The topological polar surface area (TPSA) is 51.5 Å². The summed E-state index contributed by atoms with van der Waals surface area (Å²) in [7, 11) is 1.38. The second-order valence-corrected chi connectivity index (χ2v) is 5.31. The molecule has 2 aromatic rings. The average molecular weight is 338 g/mol. The number of methoxy groups -OCH3 is 1. The molecule has 0 saturated carbocycles. The lowest BCUT2D eigenvalue weighted by Crippen LogP contribution is -2.08. The Hall–Kier alpha value is -1.75. The van der Waals surface area contributed by atoms with Crippen LogP contribution in [0.25, 0.3) is 0 Å². The summed E-state index contributed by atoms with van der Waals surface area (Å²) in [6, 6.07) is 9.23. The van der Waals surface area contributed by atoms with Crippen molar-refractivity contribution in [3.63, 3.8) is 0 Å². The number of carbonyl (C=O) groups excluding carboxylic acids is 1. The van der Waals surface area contributed by atoms with E-state index in [0.717, 1.165) is 17.0 Å². The highest BCUT2D eigenvalue weighted by molar-refractivity contribution is 9.10. The van der Waals surface area contributed by atoms with Crippen molar-refractivity contribution >= 4 is 27.6 Å². The minimum absolute atomic E-state index is 0.0315. The first-order valence-electron chi connectivity index (χ1n) is 6.22. The number of benzene rings is 1. The third-order valence-corrected chi connectivity index (χ3v) is 3.47. The fraction of sp³-hybridized carbons (Fsp3) is 0.267. The number of hydrogen-bond acceptors (Lipinski definition) is 4. The quantitative estimate of drug-likeness (QED) is 0.844. The third kappa shape index (κ3) is 3.22. The first-order chi connectivity index (χ1) is 9.51. The molecule has 4 nitrogen and oxygen atoms in total. The second-order valence-electron chi connectivity index (χ2n) is 4.53. The molecule has 2 rings (SSSR count). The number of aryl methyl sites for hydroxylation is 1. The monoisotopic (exact) mass is 337 g/mol. The molecule has 1 unspecified atom stereocenters. The summed E-state index contributed by atoms with van der Waals surface area (Å²) in [5, 5.41) is 3.36. The Morgan fingerprint density at radius 1 is 1.35 bits per heavy atom. The van der Waals surface area contributed by atoms with Crippen molar-refractivity contribution in [2.24, 2.45) is 0 Å². The summed E-state index contributed by atoms with van der Waals surface area (Å²) in [6.07, 6.45) is 0. The Balaban J connectivity index is 2.15. The molecule has 1 N–H and O–H groups in total. The molecule has 1 aromatic heterocycles. The van der Waals surface area contributed by atoms with Crippen LogP contribution in [0.5, 0.6) is 0 Å². The van der Waals surface area contributed by atoms with Crippen LogP contribution in [0.15, 0.2) is 39.4 Å². The van der Waals surface area contributed by atoms with Crippen molar-refractivity contribution in [2.45, 2.75) is 19.9 Å². The molecule has 0 aliphatic carbocycles. The molecule has 1 atom stereocenters. The van der Waals surface area contributed by atoms with Gasteiger partial charge in [0, 0.05) is 5.69 Å². The summed E-state index contributed by atoms with van der Waals surface area (Å²) in [6.45, 7) is 3.96. The van der Waals surface area contributed by atoms with Gasteiger partial charge in [0.25, 0.3) is 0 Å². The van der Waals surface area contributed by atoms with Crippen molar-refractivity contribution < 1.29 is 13.9 Å². The van der Waals surface area contributed by atoms with Crippen LogP contribution in [0.2, 0.25) is 0 Å². The van der Waals surface area contributed by atoms with E-state index in [1.165, 1.54) is 7.11 Å². The Morgan fingerprint density at radius 3 is 2.65 bits per heavy atom. The minimum Gasteiger partial charge on any atom is -0.465 e. The van der Waals surface area contributed by atoms with Crippen LogP contribution in [0.3, 0.4) is 0 Å². The van der Waals surface area contributed by atoms with E-state index in [1.807, 2.05) is 32.0 Å². The first kappa shape index (κ1) is 14.7. The second kappa shape index (κ2) is 6.13. The van der Waals surface area contributed by atoms with E-state index in [4.69, 9.17) is 9.15 Å². The number of carbonyl (C=O) groups is 1. The molecular formula is C15H16BrNO3. The van der Waals surface area contributed by atoms with Gasteiger partial charge >= 0.3 is 5.97 Å². The van der Waals surface area contributed by atoms with Crippen LogP contribution in [-0.4, -0.2) is 13.1 Å². The highest BCUT2D eigenvalue weighted by atomic mass is 79.9. The largest absolute Gasteiger partial charge is 0.465 e. The SMILES string of the molecule is COC(=O)c1ccc(NC(C)c2ccc(Br)o2)c(C)c1. The lowest BCUT2D eigenvalue weighted by Gasteiger charge is -2.15. The van der Waals surface area contributed by atoms with Gasteiger partial charge in [-0.25, -0.2) is 4.79 Å². The maximum atomic E-state index is 11.5. The molecule has 0 aliphatic heterocycles. The highest BCUT2D eigenvalue weighted by Crippen LogP contribution is 2.26. The van der Waals surface area contributed by atoms with Gasteiger partial charge in [0.05, 0.1) is 18.7 Å². The fourth-order valence-electron chi connectivity index (χ4n) is 1.94. The molecule has 1 aromatic carbocycles. The van der Waals surface area contributed by atoms with Gasteiger partial charge in [-0.1, -0.05) is 0 Å². The molecule has 0 spiro atoms. The Morgan fingerprint density at radius 2 is 2.10 bits per heavy atom. The number of ether oxygens (including phenoxy) is 1. The van der Waals surface area contributed by atoms with E-state index in [2.05, 4.69) is 21.2 Å². The van der Waals surface area contributed by atoms with Crippen molar-refractivity contribution in [1.29, 1.82) is 0 Å². The summed E-state index contributed by atoms with van der Waals surface area (Å²) in [5.74, 6) is 0.510. The number of rotatable bonds is 4. The fourth-order valence-corrected chi connectivity index (χ4v) is 2.25. The van der Waals surface area contributed by atoms with E-state index in [0.29, 0.717) is 10.2 Å². The van der Waals surface area contributed by atoms with Crippen LogP contribution in [0, 0.1) is 6.92 Å². The van der Waals surface area contributed by atoms with Crippen molar-refractivity contribution in [2.75, 3.05) is 12.4 Å². The maximum absolute atomic E-state index is 11.5. The average Bonchev–Trinajstić information content (AvgIpc) is 2.86. The summed E-state index contributed by atoms with van der Waals surface area (Å²) in [5.41, 5.74) is 2.48. The lowest BCUT2D eigenvalue weighted by atomic mass is 10.1. The molecule has 0 aliphatic rings. The molecule has 1 heterocycles. The molecule has 0 saturated heterocycles. The smallest absolute Gasteiger partial charge is 0.337 e. The number of nitrogens with one attached hydrogen (secondary N) is 1. The number of furan rings is 1. The Labute approximate surface area is 126 Å². The van der Waals surface area contributed by atoms with Gasteiger partial charge in [-0.05, 0) is 65.7 Å². The number of hydrogen-bond donors (Lipinski definition) is 1. The van der Waals surface area contributed by atoms with Crippen LogP contribution < -0.4 is 5.32 Å². The van der Waals surface area contributed by atoms with Gasteiger partial charge in [0.2, 0.25) is 0 Å². The summed E-state index contributed by atoms with van der Waals surface area (Å²) in [4.78, 5) is 11.5. The molecule has 20 heavy (non-hydrogen) atoms. The number of anilines is 1. The predicted octanol–water partition coefficient (Wildman–Crippen LogP) is 4.31. The molecule has 5 heteroatoms. The van der Waals surface area contributed by atoms with Crippen molar-refractivity contribution in [3.8, 4) is 0 Å². The molecule has 0 bridgehead atoms. The molecular weight excluding hydrogens is 322 g/mol. The maximum Gasteiger partial charge on any atom is 0.337 e. The zero-order valence-corrected chi connectivity index (χ0v) is 13.2. The molecule has 0 fully saturated rings. The van der Waals surface area contributed by atoms with Gasteiger partial charge < -0.3 is 14.5 Å². The summed E-state index contributed by atoms with van der Waals surface area (Å²) >= 11 is 3.29. The van der Waals surface area contributed by atoms with Gasteiger partial charge in [0.1, 0.15) is 5.76 Å². The summed E-state index contributed by atoms with van der Waals surface area (Å²) < 4.78 is 10.9. The van der Waals surface area contributed by atoms with Crippen LogP contribution in [-0.2, 0) is 4.74 Å². The number of halogens is 1. The Bertz CT molecular complexity index is 621. The van der Waals surface area contributed by atoms with Crippen molar-refractivity contribution in [3.05, 3.63) is 51.9 Å². The van der Waals surface area contributed by atoms with Gasteiger partial charge in [-0.15, -0.1) is 0 Å². The van der Waals surface area contributed by atoms with Crippen LogP contribution in [0.4, 0.5) is 5.69 Å². The molecule has 106 valence electrons. The van der Waals surface area contributed by atoms with Crippen LogP contribution in [0.1, 0.15) is 34.6 Å². The lowest BCUT2D eigenvalue weighted by molar-refractivity contribution is 0.0600. The van der Waals surface area contributed by atoms with E-state index < -0.39 is 0 Å². The highest BCUT2D eigenvalue weighted by Gasteiger charge is 2.12. The van der Waals surface area contributed by atoms with E-state index in [-0.39, 0.29) is 12.0 Å². The first-order valence-corrected chi connectivity index (χ1v) is 7.01. The number of esters is 1. The van der Waals surface area contributed by atoms with Gasteiger partial charge in [-0.3, -0.25) is 0 Å². The standard InChI is InChI=1S/C15H16BrNO3/c1-9-8-11(15(18)19-3)4-5-12(9)17-10(2)13-6-7-14(16)20-13/h4-8,10,17H,1-3H3. The Kier molecular flexibility index (Phi) is 4.49.